The maximum atomic E-state index is 11.9. The van der Waals surface area contributed by atoms with Gasteiger partial charge < -0.3 is 5.32 Å². The van der Waals surface area contributed by atoms with E-state index in [2.05, 4.69) is 24.1 Å². The number of hydrogen-bond donors (Lipinski definition) is 1. The lowest BCUT2D eigenvalue weighted by molar-refractivity contribution is -0.123. The average molecular weight is 442 g/mol. The minimum absolute atomic E-state index is 0. The Kier molecular flexibility index (Phi) is 29.2. The molecule has 0 saturated heterocycles. The largest absolute Gasteiger partial charge is 0.341 e. The molecule has 3 nitrogen and oxygen atoms in total. The molecule has 0 aliphatic carbocycles. The van der Waals surface area contributed by atoms with Crippen LogP contribution in [-0.4, -0.2) is 31.1 Å². The standard InChI is InChI=1S/C23H48N2O.2ClH/c1-5-7-8-9-10-11-12-13-14-15-16-17-18-19-20-21-23(26)24-22(6-2)25(3)4;;/h22H,5-21H2,1-4H3,(H,24,26);2*1H. The molecule has 0 aromatic heterocycles. The first kappa shape index (κ1) is 32.7. The zero-order valence-corrected chi connectivity index (χ0v) is 20.9. The van der Waals surface area contributed by atoms with E-state index in [9.17, 15) is 4.79 Å². The number of carbonyl (C=O) groups is 1. The molecule has 1 atom stereocenters. The van der Waals surface area contributed by atoms with E-state index in [1.54, 1.807) is 0 Å². The third-order valence-corrected chi connectivity index (χ3v) is 5.35. The van der Waals surface area contributed by atoms with Gasteiger partial charge in [-0.3, -0.25) is 9.69 Å². The maximum Gasteiger partial charge on any atom is 0.221 e. The molecule has 0 aromatic rings. The van der Waals surface area contributed by atoms with Crippen molar-refractivity contribution in [3.63, 3.8) is 0 Å². The summed E-state index contributed by atoms with van der Waals surface area (Å²) in [5.41, 5.74) is 0. The highest BCUT2D eigenvalue weighted by molar-refractivity contribution is 5.85. The molecule has 1 amide bonds. The van der Waals surface area contributed by atoms with Gasteiger partial charge in [-0.05, 0) is 26.9 Å². The van der Waals surface area contributed by atoms with Gasteiger partial charge in [0.05, 0.1) is 6.17 Å². The lowest BCUT2D eigenvalue weighted by Crippen LogP contribution is -2.44. The van der Waals surface area contributed by atoms with E-state index in [-0.39, 0.29) is 36.9 Å². The summed E-state index contributed by atoms with van der Waals surface area (Å²) in [6.45, 7) is 4.39. The maximum absolute atomic E-state index is 11.9. The van der Waals surface area contributed by atoms with Gasteiger partial charge in [0, 0.05) is 6.42 Å². The highest BCUT2D eigenvalue weighted by Crippen LogP contribution is 2.13. The molecule has 1 unspecified atom stereocenters. The Balaban J connectivity index is -0.00000312. The molecule has 1 N–H and O–H groups in total. The summed E-state index contributed by atoms with van der Waals surface area (Å²) in [5, 5.41) is 3.10. The van der Waals surface area contributed by atoms with Crippen LogP contribution < -0.4 is 5.32 Å². The van der Waals surface area contributed by atoms with Gasteiger partial charge in [0.1, 0.15) is 0 Å². The van der Waals surface area contributed by atoms with Crippen LogP contribution in [0.2, 0.25) is 0 Å². The molecule has 28 heavy (non-hydrogen) atoms. The highest BCUT2D eigenvalue weighted by Gasteiger charge is 2.11. The number of hydrogen-bond acceptors (Lipinski definition) is 2. The molecular formula is C23H50Cl2N2O. The third-order valence-electron chi connectivity index (χ3n) is 5.35. The molecule has 0 aromatic carbocycles. The molecular weight excluding hydrogens is 391 g/mol. The second-order valence-electron chi connectivity index (χ2n) is 8.15. The van der Waals surface area contributed by atoms with Crippen LogP contribution in [0, 0.1) is 0 Å². The monoisotopic (exact) mass is 440 g/mol. The number of carbonyl (C=O) groups excluding carboxylic acids is 1. The molecule has 5 heteroatoms. The SMILES string of the molecule is CCCCCCCCCCCCCCCCCC(=O)NC(CC)N(C)C.Cl.Cl. The fourth-order valence-corrected chi connectivity index (χ4v) is 3.51. The lowest BCUT2D eigenvalue weighted by Gasteiger charge is -2.23. The third kappa shape index (κ3) is 22.3. The van der Waals surface area contributed by atoms with Crippen molar-refractivity contribution < 1.29 is 4.79 Å². The molecule has 0 aliphatic rings. The van der Waals surface area contributed by atoms with Crippen LogP contribution in [0.5, 0.6) is 0 Å². The van der Waals surface area contributed by atoms with Crippen LogP contribution in [0.3, 0.4) is 0 Å². The molecule has 0 spiro atoms. The van der Waals surface area contributed by atoms with E-state index >= 15 is 0 Å². The summed E-state index contributed by atoms with van der Waals surface area (Å²) >= 11 is 0. The summed E-state index contributed by atoms with van der Waals surface area (Å²) in [6, 6.07) is 0. The Bertz CT molecular complexity index is 315. The summed E-state index contributed by atoms with van der Waals surface area (Å²) in [7, 11) is 4.03. The molecule has 0 saturated carbocycles. The molecule has 0 fully saturated rings. The van der Waals surface area contributed by atoms with E-state index in [0.717, 1.165) is 12.8 Å². The smallest absolute Gasteiger partial charge is 0.221 e. The van der Waals surface area contributed by atoms with Crippen LogP contribution in [-0.2, 0) is 4.79 Å². The average Bonchev–Trinajstić information content (AvgIpc) is 2.62. The first-order valence-corrected chi connectivity index (χ1v) is 11.6. The molecule has 0 aliphatic heterocycles. The number of halogens is 2. The summed E-state index contributed by atoms with van der Waals surface area (Å²) in [4.78, 5) is 14.0. The van der Waals surface area contributed by atoms with Gasteiger partial charge in [-0.2, -0.15) is 0 Å². The van der Waals surface area contributed by atoms with Crippen molar-refractivity contribution in [3.05, 3.63) is 0 Å². The Labute approximate surface area is 189 Å². The van der Waals surface area contributed by atoms with Gasteiger partial charge in [-0.1, -0.05) is 104 Å². The van der Waals surface area contributed by atoms with Crippen LogP contribution in [0.25, 0.3) is 0 Å². The van der Waals surface area contributed by atoms with Gasteiger partial charge >= 0.3 is 0 Å². The highest BCUT2D eigenvalue weighted by atomic mass is 35.5. The van der Waals surface area contributed by atoms with Gasteiger partial charge in [-0.25, -0.2) is 0 Å². The quantitative estimate of drug-likeness (QED) is 0.166. The van der Waals surface area contributed by atoms with Gasteiger partial charge in [0.15, 0.2) is 0 Å². The fraction of sp³-hybridized carbons (Fsp3) is 0.957. The van der Waals surface area contributed by atoms with Crippen molar-refractivity contribution in [2.75, 3.05) is 14.1 Å². The molecule has 0 rings (SSSR count). The minimum atomic E-state index is 0. The first-order valence-electron chi connectivity index (χ1n) is 11.6. The summed E-state index contributed by atoms with van der Waals surface area (Å²) in [6.07, 6.45) is 22.3. The van der Waals surface area contributed by atoms with Crippen molar-refractivity contribution in [2.45, 2.75) is 129 Å². The van der Waals surface area contributed by atoms with Crippen molar-refractivity contribution >= 4 is 30.7 Å². The van der Waals surface area contributed by atoms with Crippen molar-refractivity contribution in [3.8, 4) is 0 Å². The number of unbranched alkanes of at least 4 members (excludes halogenated alkanes) is 14. The molecule has 0 bridgehead atoms. The Morgan fingerprint density at radius 2 is 1.04 bits per heavy atom. The predicted molar refractivity (Wildman–Crippen MR) is 130 cm³/mol. The fourth-order valence-electron chi connectivity index (χ4n) is 3.51. The topological polar surface area (TPSA) is 32.3 Å². The van der Waals surface area contributed by atoms with E-state index in [4.69, 9.17) is 0 Å². The Morgan fingerprint density at radius 3 is 1.36 bits per heavy atom. The number of rotatable bonds is 19. The predicted octanol–water partition coefficient (Wildman–Crippen LogP) is 7.51. The number of amides is 1. The van der Waals surface area contributed by atoms with E-state index in [1.165, 1.54) is 89.9 Å². The van der Waals surface area contributed by atoms with Crippen LogP contribution >= 0.6 is 24.8 Å². The Morgan fingerprint density at radius 1 is 0.679 bits per heavy atom. The number of nitrogens with one attached hydrogen (secondary N) is 1. The molecule has 0 radical (unpaired) electrons. The van der Waals surface area contributed by atoms with Crippen molar-refractivity contribution in [2.24, 2.45) is 0 Å². The lowest BCUT2D eigenvalue weighted by atomic mass is 10.0. The Hall–Kier alpha value is 0.01000. The summed E-state index contributed by atoms with van der Waals surface area (Å²) in [5.74, 6) is 0.209. The van der Waals surface area contributed by atoms with Crippen molar-refractivity contribution in [1.29, 1.82) is 0 Å². The van der Waals surface area contributed by atoms with Crippen molar-refractivity contribution in [1.82, 2.24) is 10.2 Å². The second-order valence-corrected chi connectivity index (χ2v) is 8.15. The first-order chi connectivity index (χ1) is 12.6. The molecule has 172 valence electrons. The van der Waals surface area contributed by atoms with Gasteiger partial charge in [0.2, 0.25) is 5.91 Å². The van der Waals surface area contributed by atoms with Gasteiger partial charge in [-0.15, -0.1) is 24.8 Å². The van der Waals surface area contributed by atoms with Gasteiger partial charge in [0.25, 0.3) is 0 Å². The number of nitrogens with zero attached hydrogens (tertiary/aromatic N) is 1. The minimum Gasteiger partial charge on any atom is -0.341 e. The summed E-state index contributed by atoms with van der Waals surface area (Å²) < 4.78 is 0. The van der Waals surface area contributed by atoms with Crippen LogP contribution in [0.1, 0.15) is 123 Å². The zero-order chi connectivity index (χ0) is 19.5. The second kappa shape index (κ2) is 25.0. The molecule has 0 heterocycles. The van der Waals surface area contributed by atoms with E-state index < -0.39 is 0 Å². The van der Waals surface area contributed by atoms with Crippen LogP contribution in [0.4, 0.5) is 0 Å². The zero-order valence-electron chi connectivity index (χ0n) is 19.3. The normalized spacial score (nSPS) is 11.6. The van der Waals surface area contributed by atoms with Crippen LogP contribution in [0.15, 0.2) is 0 Å². The van der Waals surface area contributed by atoms with E-state index in [1.807, 2.05) is 14.1 Å². The van der Waals surface area contributed by atoms with E-state index in [0.29, 0.717) is 6.42 Å².